The highest BCUT2D eigenvalue weighted by Crippen LogP contribution is 2.66. The zero-order valence-electron chi connectivity index (χ0n) is 37.4. The Hall–Kier alpha value is -4.97. The van der Waals surface area contributed by atoms with Crippen LogP contribution in [0.2, 0.25) is 0 Å². The summed E-state index contributed by atoms with van der Waals surface area (Å²) in [6, 6.07) is 14.9. The average Bonchev–Trinajstić information content (AvgIpc) is 3.63. The average molecular weight is 845 g/mol. The van der Waals surface area contributed by atoms with Gasteiger partial charge in [-0.15, -0.1) is 0 Å². The van der Waals surface area contributed by atoms with Gasteiger partial charge in [0.2, 0.25) is 17.8 Å². The van der Waals surface area contributed by atoms with E-state index >= 15 is 0 Å². The minimum Gasteiger partial charge on any atom is -0.494 e. The fourth-order valence-electron chi connectivity index (χ4n) is 11.6. The second kappa shape index (κ2) is 20.0. The molecule has 0 spiro atoms. The molecule has 12 heteroatoms. The lowest BCUT2D eigenvalue weighted by Crippen LogP contribution is -2.46. The van der Waals surface area contributed by atoms with Crippen LogP contribution < -0.4 is 31.1 Å². The number of benzene rings is 2. The maximum atomic E-state index is 13.3. The molecule has 1 aliphatic heterocycles. The molecule has 4 aromatic rings. The Morgan fingerprint density at radius 3 is 2.26 bits per heavy atom. The fraction of sp³-hybridized carbons (Fsp3) is 0.580. The minimum atomic E-state index is -0.226. The lowest BCUT2D eigenvalue weighted by atomic mass is 9.73. The van der Waals surface area contributed by atoms with Crippen LogP contribution in [0, 0.1) is 30.1 Å². The van der Waals surface area contributed by atoms with Crippen LogP contribution in [0.5, 0.6) is 5.75 Å². The van der Waals surface area contributed by atoms with Gasteiger partial charge >= 0.3 is 0 Å². The third-order valence-electron chi connectivity index (χ3n) is 14.5. The number of pyridine rings is 1. The van der Waals surface area contributed by atoms with Gasteiger partial charge < -0.3 is 25.6 Å². The number of nitrogens with one attached hydrogen (secondary N) is 3. The third-order valence-corrected chi connectivity index (χ3v) is 14.5. The minimum absolute atomic E-state index is 0.189. The highest BCUT2D eigenvalue weighted by atomic mass is 16.5. The van der Waals surface area contributed by atoms with Gasteiger partial charge in [-0.25, -0.2) is 4.98 Å². The number of rotatable bonds is 21. The molecule has 9 rings (SSSR count). The first-order valence-electron chi connectivity index (χ1n) is 23.6. The first-order chi connectivity index (χ1) is 30.2. The first kappa shape index (κ1) is 43.7. The Kier molecular flexibility index (Phi) is 14.1. The van der Waals surface area contributed by atoms with Gasteiger partial charge in [-0.3, -0.25) is 23.9 Å². The highest BCUT2D eigenvalue weighted by molar-refractivity contribution is 5.89. The molecule has 2 aromatic heterocycles. The number of nitrogens with zero attached hydrogens (tertiary/aromatic N) is 5. The molecule has 2 amide bonds. The normalized spacial score (nSPS) is 21.7. The van der Waals surface area contributed by atoms with E-state index in [0.717, 1.165) is 85.6 Å². The standard InChI is InChI=1S/C50H68N8O4/c1-35-25-47(61)58(42-16-14-15-40(29-42)53-36(2)59)48-43(35)34-52-49(55-48)54-44-18-17-41(30-45(44)62-3)57-23-21-56(22-24-57)20-13-11-9-7-5-4-6-8-10-12-19-51-46(60)33-50-31-37-26-38(32-50)28-39(50)27-37/h14-18,25,29-30,34,37-39H,4-13,19-24,26-28,31-33H2,1-3H3,(H,51,60)(H,53,59)(H,52,54,55). The summed E-state index contributed by atoms with van der Waals surface area (Å²) in [6.07, 6.45) is 22.3. The monoisotopic (exact) mass is 845 g/mol. The number of methoxy groups -OCH3 is 1. The number of aromatic nitrogens is 3. The number of carbonyl (C=O) groups is 2. The van der Waals surface area contributed by atoms with E-state index in [-0.39, 0.29) is 11.5 Å². The molecule has 332 valence electrons. The molecule has 5 aliphatic rings. The van der Waals surface area contributed by atoms with Crippen molar-refractivity contribution in [2.24, 2.45) is 23.2 Å². The summed E-state index contributed by atoms with van der Waals surface area (Å²) in [5.74, 6) is 3.87. The Bertz CT molecular complexity index is 2240. The van der Waals surface area contributed by atoms with Crippen LogP contribution in [0.1, 0.15) is 115 Å². The number of unbranched alkanes of at least 4 members (excludes halogenated alkanes) is 9. The zero-order chi connectivity index (χ0) is 43.1. The van der Waals surface area contributed by atoms with Crippen LogP contribution >= 0.6 is 0 Å². The molecule has 62 heavy (non-hydrogen) atoms. The predicted octanol–water partition coefficient (Wildman–Crippen LogP) is 9.16. The van der Waals surface area contributed by atoms with Crippen molar-refractivity contribution in [1.29, 1.82) is 0 Å². The molecular weight excluding hydrogens is 777 g/mol. The molecule has 4 aliphatic carbocycles. The van der Waals surface area contributed by atoms with Crippen LogP contribution in [-0.4, -0.2) is 77.6 Å². The molecule has 5 fully saturated rings. The van der Waals surface area contributed by atoms with Crippen LogP contribution in [0.4, 0.5) is 23.0 Å². The van der Waals surface area contributed by atoms with Crippen LogP contribution in [0.15, 0.2) is 59.5 Å². The van der Waals surface area contributed by atoms with Crippen molar-refractivity contribution in [3.8, 4) is 11.4 Å². The zero-order valence-corrected chi connectivity index (χ0v) is 37.4. The van der Waals surface area contributed by atoms with Crippen LogP contribution in [0.3, 0.4) is 0 Å². The number of fused-ring (bicyclic) bond motifs is 1. The number of carbonyl (C=O) groups excluding carboxylic acids is 2. The summed E-state index contributed by atoms with van der Waals surface area (Å²) in [7, 11) is 1.67. The Labute approximate surface area is 367 Å². The van der Waals surface area contributed by atoms with E-state index < -0.39 is 0 Å². The molecule has 4 saturated carbocycles. The molecular formula is C50H68N8O4. The second-order valence-corrected chi connectivity index (χ2v) is 19.0. The van der Waals surface area contributed by atoms with Gasteiger partial charge in [-0.1, -0.05) is 57.4 Å². The van der Waals surface area contributed by atoms with Crippen molar-refractivity contribution >= 4 is 45.9 Å². The largest absolute Gasteiger partial charge is 0.494 e. The van der Waals surface area contributed by atoms with Gasteiger partial charge in [-0.05, 0) is 117 Å². The Balaban J connectivity index is 0.711. The smallest absolute Gasteiger partial charge is 0.257 e. The van der Waals surface area contributed by atoms with E-state index in [1.54, 1.807) is 37.6 Å². The number of ether oxygens (including phenoxy) is 1. The number of hydrogen-bond donors (Lipinski definition) is 3. The number of aryl methyl sites for hydroxylation is 1. The molecule has 2 aromatic carbocycles. The second-order valence-electron chi connectivity index (χ2n) is 19.0. The summed E-state index contributed by atoms with van der Waals surface area (Å²) in [4.78, 5) is 52.2. The molecule has 12 nitrogen and oxygen atoms in total. The van der Waals surface area contributed by atoms with Crippen molar-refractivity contribution in [3.63, 3.8) is 0 Å². The maximum absolute atomic E-state index is 13.3. The van der Waals surface area contributed by atoms with Gasteiger partial charge in [-0.2, -0.15) is 4.98 Å². The van der Waals surface area contributed by atoms with Crippen molar-refractivity contribution in [2.75, 3.05) is 61.9 Å². The summed E-state index contributed by atoms with van der Waals surface area (Å²) in [5, 5.41) is 10.1. The van der Waals surface area contributed by atoms with E-state index in [2.05, 4.69) is 42.9 Å². The Morgan fingerprint density at radius 1 is 0.839 bits per heavy atom. The summed E-state index contributed by atoms with van der Waals surface area (Å²) >= 11 is 0. The molecule has 2 unspecified atom stereocenters. The van der Waals surface area contributed by atoms with Crippen molar-refractivity contribution in [3.05, 3.63) is 70.6 Å². The Morgan fingerprint density at radius 2 is 1.55 bits per heavy atom. The highest BCUT2D eigenvalue weighted by Gasteiger charge is 2.57. The van der Waals surface area contributed by atoms with E-state index in [1.165, 1.54) is 108 Å². The first-order valence-corrected chi connectivity index (χ1v) is 23.6. The lowest BCUT2D eigenvalue weighted by molar-refractivity contribution is -0.124. The number of piperazine rings is 1. The molecule has 0 radical (unpaired) electrons. The van der Waals surface area contributed by atoms with E-state index in [4.69, 9.17) is 9.72 Å². The van der Waals surface area contributed by atoms with Gasteiger partial charge in [0.25, 0.3) is 5.56 Å². The lowest BCUT2D eigenvalue weighted by Gasteiger charge is -2.36. The molecule has 2 atom stereocenters. The van der Waals surface area contributed by atoms with E-state index in [9.17, 15) is 14.4 Å². The van der Waals surface area contributed by atoms with E-state index in [1.807, 2.05) is 19.1 Å². The molecule has 3 heterocycles. The third kappa shape index (κ3) is 10.4. The molecule has 1 saturated heterocycles. The van der Waals surface area contributed by atoms with Crippen LogP contribution in [0.25, 0.3) is 16.7 Å². The van der Waals surface area contributed by atoms with Gasteiger partial charge in [0.15, 0.2) is 5.65 Å². The molecule has 3 N–H and O–H groups in total. The summed E-state index contributed by atoms with van der Waals surface area (Å²) in [6.45, 7) is 9.39. The van der Waals surface area contributed by atoms with Crippen molar-refractivity contribution in [1.82, 2.24) is 24.8 Å². The molecule has 4 bridgehead atoms. The fourth-order valence-corrected chi connectivity index (χ4v) is 11.6. The summed E-state index contributed by atoms with van der Waals surface area (Å²) in [5.41, 5.74) is 4.42. The number of anilines is 4. The van der Waals surface area contributed by atoms with Crippen molar-refractivity contribution in [2.45, 2.75) is 117 Å². The SMILES string of the molecule is COc1cc(N2CCN(CCCCCCCCCCCCNC(=O)CC34CC5CC(CC3C5)C4)CC2)ccc1Nc1ncc2c(C)cc(=O)n(-c3cccc(NC(C)=O)c3)c2n1. The quantitative estimate of drug-likeness (QED) is 0.0703. The van der Waals surface area contributed by atoms with E-state index in [0.29, 0.717) is 40.0 Å². The maximum Gasteiger partial charge on any atom is 0.257 e. The number of amides is 2. The van der Waals surface area contributed by atoms with Gasteiger partial charge in [0, 0.05) is 81.2 Å². The summed E-state index contributed by atoms with van der Waals surface area (Å²) < 4.78 is 7.38. The van der Waals surface area contributed by atoms with Crippen molar-refractivity contribution < 1.29 is 14.3 Å². The van der Waals surface area contributed by atoms with Crippen LogP contribution in [-0.2, 0) is 9.59 Å². The van der Waals surface area contributed by atoms with Gasteiger partial charge in [0.05, 0.1) is 18.5 Å². The topological polar surface area (TPSA) is 134 Å². The number of hydrogen-bond acceptors (Lipinski definition) is 9. The predicted molar refractivity (Wildman–Crippen MR) is 249 cm³/mol. The van der Waals surface area contributed by atoms with Gasteiger partial charge in [0.1, 0.15) is 5.75 Å².